The van der Waals surface area contributed by atoms with Crippen molar-refractivity contribution in [2.24, 2.45) is 0 Å². The molecule has 2 aromatic rings. The molecule has 1 fully saturated rings. The van der Waals surface area contributed by atoms with E-state index in [1.807, 2.05) is 25.1 Å². The van der Waals surface area contributed by atoms with Gasteiger partial charge in [0.05, 0.1) is 17.8 Å². The van der Waals surface area contributed by atoms with Gasteiger partial charge in [0.1, 0.15) is 4.88 Å². The van der Waals surface area contributed by atoms with Crippen LogP contribution in [0.15, 0.2) is 22.7 Å². The second-order valence-electron chi connectivity index (χ2n) is 5.30. The number of amides is 1. The summed E-state index contributed by atoms with van der Waals surface area (Å²) in [5.74, 6) is -0.118. The molecule has 2 atom stereocenters. The number of rotatable bonds is 3. The van der Waals surface area contributed by atoms with Gasteiger partial charge in [-0.2, -0.15) is 0 Å². The van der Waals surface area contributed by atoms with Gasteiger partial charge in [0.25, 0.3) is 5.91 Å². The third kappa shape index (κ3) is 2.93. The smallest absolute Gasteiger partial charge is 0.263 e. The van der Waals surface area contributed by atoms with Gasteiger partial charge in [-0.3, -0.25) is 4.79 Å². The molecule has 1 amide bonds. The Morgan fingerprint density at radius 3 is 3.10 bits per heavy atom. The maximum atomic E-state index is 12.4. The lowest BCUT2D eigenvalue weighted by Gasteiger charge is -2.19. The zero-order valence-corrected chi connectivity index (χ0v) is 14.1. The highest BCUT2D eigenvalue weighted by atomic mass is 79.9. The summed E-state index contributed by atoms with van der Waals surface area (Å²) in [4.78, 5) is 13.0. The van der Waals surface area contributed by atoms with Gasteiger partial charge < -0.3 is 15.8 Å². The molecule has 3 N–H and O–H groups in total. The van der Waals surface area contributed by atoms with Crippen LogP contribution < -0.4 is 11.1 Å². The van der Waals surface area contributed by atoms with Crippen molar-refractivity contribution >= 4 is 48.9 Å². The van der Waals surface area contributed by atoms with Crippen LogP contribution in [-0.4, -0.2) is 24.7 Å². The van der Waals surface area contributed by atoms with Gasteiger partial charge in [-0.15, -0.1) is 11.3 Å². The molecule has 0 bridgehead atoms. The number of thiophene rings is 1. The second kappa shape index (κ2) is 5.94. The number of hydrogen-bond donors (Lipinski definition) is 2. The average Bonchev–Trinajstić information content (AvgIpc) is 3.07. The molecule has 0 radical (unpaired) electrons. The molecule has 0 spiro atoms. The molecule has 0 saturated carbocycles. The van der Waals surface area contributed by atoms with Gasteiger partial charge in [0.2, 0.25) is 0 Å². The first kappa shape index (κ1) is 14.8. The first-order valence-electron chi connectivity index (χ1n) is 6.96. The molecule has 4 nitrogen and oxygen atoms in total. The monoisotopic (exact) mass is 368 g/mol. The largest absolute Gasteiger partial charge is 0.397 e. The topological polar surface area (TPSA) is 64.4 Å². The minimum atomic E-state index is -0.118. The number of ether oxygens (including phenoxy) is 1. The van der Waals surface area contributed by atoms with Gasteiger partial charge in [-0.05, 0) is 31.9 Å². The van der Waals surface area contributed by atoms with Gasteiger partial charge >= 0.3 is 0 Å². The third-order valence-electron chi connectivity index (χ3n) is 3.78. The summed E-state index contributed by atoms with van der Waals surface area (Å²) in [7, 11) is 0. The summed E-state index contributed by atoms with van der Waals surface area (Å²) in [5, 5.41) is 3.94. The highest BCUT2D eigenvalue weighted by molar-refractivity contribution is 9.10. The second-order valence-corrected chi connectivity index (χ2v) is 7.27. The first-order valence-corrected chi connectivity index (χ1v) is 8.57. The molecule has 21 heavy (non-hydrogen) atoms. The quantitative estimate of drug-likeness (QED) is 0.870. The number of nitrogen functional groups attached to an aromatic ring is 1. The number of halogens is 1. The van der Waals surface area contributed by atoms with Crippen molar-refractivity contribution in [2.45, 2.75) is 31.9 Å². The van der Waals surface area contributed by atoms with E-state index in [4.69, 9.17) is 10.5 Å². The molecule has 0 aliphatic carbocycles. The highest BCUT2D eigenvalue weighted by Crippen LogP contribution is 2.35. The summed E-state index contributed by atoms with van der Waals surface area (Å²) in [6, 6.07) is 5.85. The Bertz CT molecular complexity index is 680. The summed E-state index contributed by atoms with van der Waals surface area (Å²) in [6.45, 7) is 2.76. The minimum absolute atomic E-state index is 0.00338. The number of benzene rings is 1. The van der Waals surface area contributed by atoms with Crippen molar-refractivity contribution < 1.29 is 9.53 Å². The van der Waals surface area contributed by atoms with Gasteiger partial charge in [0, 0.05) is 21.2 Å². The Balaban J connectivity index is 1.82. The van der Waals surface area contributed by atoms with Gasteiger partial charge in [0.15, 0.2) is 0 Å². The summed E-state index contributed by atoms with van der Waals surface area (Å²) in [6.07, 6.45) is 2.17. The Kier molecular flexibility index (Phi) is 4.19. The molecule has 6 heteroatoms. The average molecular weight is 369 g/mol. The lowest BCUT2D eigenvalue weighted by molar-refractivity contribution is 0.0715. The number of anilines is 1. The van der Waals surface area contributed by atoms with Crippen LogP contribution in [0.25, 0.3) is 10.1 Å². The van der Waals surface area contributed by atoms with Crippen molar-refractivity contribution in [1.29, 1.82) is 0 Å². The van der Waals surface area contributed by atoms with Crippen LogP contribution in [-0.2, 0) is 4.74 Å². The Morgan fingerprint density at radius 2 is 2.38 bits per heavy atom. The molecule has 1 saturated heterocycles. The van der Waals surface area contributed by atoms with Gasteiger partial charge in [-0.1, -0.05) is 22.0 Å². The molecule has 2 unspecified atom stereocenters. The summed E-state index contributed by atoms with van der Waals surface area (Å²) in [5.41, 5.74) is 6.68. The Labute approximate surface area is 135 Å². The SMILES string of the molecule is CC(NC(=O)c1sc2cc(Br)ccc2c1N)C1CCCO1. The van der Waals surface area contributed by atoms with Crippen LogP contribution in [0.4, 0.5) is 5.69 Å². The molecule has 1 aromatic carbocycles. The van der Waals surface area contributed by atoms with E-state index in [2.05, 4.69) is 21.2 Å². The number of hydrogen-bond acceptors (Lipinski definition) is 4. The number of nitrogens with one attached hydrogen (secondary N) is 1. The van der Waals surface area contributed by atoms with E-state index in [0.29, 0.717) is 10.6 Å². The zero-order chi connectivity index (χ0) is 15.0. The van der Waals surface area contributed by atoms with Crippen molar-refractivity contribution in [3.63, 3.8) is 0 Å². The van der Waals surface area contributed by atoms with Crippen LogP contribution in [0.1, 0.15) is 29.4 Å². The maximum Gasteiger partial charge on any atom is 0.263 e. The molecular formula is C15H17BrN2O2S. The fourth-order valence-corrected chi connectivity index (χ4v) is 4.20. The van der Waals surface area contributed by atoms with E-state index in [1.165, 1.54) is 11.3 Å². The molecule has 3 rings (SSSR count). The number of fused-ring (bicyclic) bond motifs is 1. The van der Waals surface area contributed by atoms with Crippen LogP contribution >= 0.6 is 27.3 Å². The Morgan fingerprint density at radius 1 is 1.57 bits per heavy atom. The molecule has 1 aliphatic rings. The maximum absolute atomic E-state index is 12.4. The van der Waals surface area contributed by atoms with Crippen molar-refractivity contribution in [3.8, 4) is 0 Å². The van der Waals surface area contributed by atoms with Crippen molar-refractivity contribution in [2.75, 3.05) is 12.3 Å². The molecule has 2 heterocycles. The number of carbonyl (C=O) groups excluding carboxylic acids is 1. The van der Waals surface area contributed by atoms with Crippen LogP contribution in [0, 0.1) is 0 Å². The minimum Gasteiger partial charge on any atom is -0.397 e. The number of nitrogens with two attached hydrogens (primary N) is 1. The van der Waals surface area contributed by atoms with E-state index in [0.717, 1.165) is 34.0 Å². The molecule has 112 valence electrons. The molecule has 1 aromatic heterocycles. The van der Waals surface area contributed by atoms with E-state index < -0.39 is 0 Å². The number of carbonyl (C=O) groups is 1. The van der Waals surface area contributed by atoms with E-state index in [9.17, 15) is 4.79 Å². The van der Waals surface area contributed by atoms with Crippen LogP contribution in [0.2, 0.25) is 0 Å². The third-order valence-corrected chi connectivity index (χ3v) is 5.44. The van der Waals surface area contributed by atoms with Crippen molar-refractivity contribution in [3.05, 3.63) is 27.5 Å². The summed E-state index contributed by atoms with van der Waals surface area (Å²) >= 11 is 4.86. The lowest BCUT2D eigenvalue weighted by atomic mass is 10.1. The predicted molar refractivity (Wildman–Crippen MR) is 89.8 cm³/mol. The van der Waals surface area contributed by atoms with E-state index in [-0.39, 0.29) is 18.1 Å². The first-order chi connectivity index (χ1) is 10.1. The Hall–Kier alpha value is -1.11. The molecular weight excluding hydrogens is 352 g/mol. The zero-order valence-electron chi connectivity index (χ0n) is 11.7. The van der Waals surface area contributed by atoms with Crippen molar-refractivity contribution in [1.82, 2.24) is 5.32 Å². The van der Waals surface area contributed by atoms with Gasteiger partial charge in [-0.25, -0.2) is 0 Å². The van der Waals surface area contributed by atoms with Crippen LogP contribution in [0.3, 0.4) is 0 Å². The van der Waals surface area contributed by atoms with E-state index >= 15 is 0 Å². The normalized spacial score (nSPS) is 19.8. The lowest BCUT2D eigenvalue weighted by Crippen LogP contribution is -2.40. The highest BCUT2D eigenvalue weighted by Gasteiger charge is 2.25. The van der Waals surface area contributed by atoms with Crippen LogP contribution in [0.5, 0.6) is 0 Å². The predicted octanol–water partition coefficient (Wildman–Crippen LogP) is 3.54. The van der Waals surface area contributed by atoms with E-state index in [1.54, 1.807) is 0 Å². The summed E-state index contributed by atoms with van der Waals surface area (Å²) < 4.78 is 7.60. The molecule has 1 aliphatic heterocycles. The fourth-order valence-electron chi connectivity index (χ4n) is 2.62. The fraction of sp³-hybridized carbons (Fsp3) is 0.400. The standard InChI is InChI=1S/C15H17BrN2O2S/c1-8(11-3-2-6-20-11)18-15(19)14-13(17)10-5-4-9(16)7-12(10)21-14/h4-5,7-8,11H,2-3,6,17H2,1H3,(H,18,19).